The van der Waals surface area contributed by atoms with Crippen molar-refractivity contribution < 1.29 is 4.79 Å². The zero-order valence-corrected chi connectivity index (χ0v) is 13.9. The lowest BCUT2D eigenvalue weighted by Crippen LogP contribution is -2.27. The summed E-state index contributed by atoms with van der Waals surface area (Å²) in [6, 6.07) is 2.03. The van der Waals surface area contributed by atoms with Crippen molar-refractivity contribution >= 4 is 40.0 Å². The average molecular weight is 333 g/mol. The van der Waals surface area contributed by atoms with Crippen LogP contribution < -0.4 is 0 Å². The van der Waals surface area contributed by atoms with E-state index >= 15 is 0 Å². The second-order valence-corrected chi connectivity index (χ2v) is 6.60. The van der Waals surface area contributed by atoms with Crippen LogP contribution in [0, 0.1) is 0 Å². The van der Waals surface area contributed by atoms with Crippen molar-refractivity contribution in [2.24, 2.45) is 7.05 Å². The topological polar surface area (TPSA) is 63.9 Å². The first-order valence-electron chi connectivity index (χ1n) is 6.65. The van der Waals surface area contributed by atoms with E-state index in [4.69, 9.17) is 0 Å². The van der Waals surface area contributed by atoms with Crippen molar-refractivity contribution in [1.82, 2.24) is 24.6 Å². The summed E-state index contributed by atoms with van der Waals surface area (Å²) < 4.78 is 1.70. The van der Waals surface area contributed by atoms with Crippen LogP contribution >= 0.6 is 23.1 Å². The zero-order valence-electron chi connectivity index (χ0n) is 12.3. The van der Waals surface area contributed by atoms with Crippen LogP contribution in [0.15, 0.2) is 34.4 Å². The third kappa shape index (κ3) is 3.12. The van der Waals surface area contributed by atoms with Gasteiger partial charge < -0.3 is 4.90 Å². The van der Waals surface area contributed by atoms with Crippen molar-refractivity contribution in [3.8, 4) is 0 Å². The number of carbonyl (C=O) groups excluding carboxylic acids is 1. The zero-order chi connectivity index (χ0) is 15.5. The van der Waals surface area contributed by atoms with E-state index in [1.807, 2.05) is 25.5 Å². The molecule has 0 N–H and O–H groups in total. The molecule has 1 amide bonds. The predicted molar refractivity (Wildman–Crippen MR) is 87.8 cm³/mol. The molecule has 6 nitrogen and oxygen atoms in total. The number of rotatable bonds is 5. The maximum atomic E-state index is 12.2. The predicted octanol–water partition coefficient (Wildman–Crippen LogP) is 2.18. The van der Waals surface area contributed by atoms with Gasteiger partial charge in [-0.05, 0) is 22.4 Å². The van der Waals surface area contributed by atoms with Gasteiger partial charge in [-0.1, -0.05) is 11.8 Å². The minimum Gasteiger partial charge on any atom is -0.341 e. The number of hydrogen-bond donors (Lipinski definition) is 0. The monoisotopic (exact) mass is 333 g/mol. The van der Waals surface area contributed by atoms with E-state index in [2.05, 4.69) is 20.4 Å². The fraction of sp³-hybridized carbons (Fsp3) is 0.286. The summed E-state index contributed by atoms with van der Waals surface area (Å²) in [5.74, 6) is 0.425. The number of thioether (sulfide) groups is 1. The minimum atomic E-state index is 0.0758. The third-order valence-corrected chi connectivity index (χ3v) is 4.97. The van der Waals surface area contributed by atoms with Gasteiger partial charge in [0.25, 0.3) is 0 Å². The Kier molecular flexibility index (Phi) is 4.39. The standard InChI is InChI=1S/C14H15N5OS2/c1-18(6-10-3-4-21-7-10)12(20)8-22-14-11-5-17-19(2)13(11)15-9-16-14/h3-5,7,9H,6,8H2,1-2H3. The van der Waals surface area contributed by atoms with E-state index in [0.717, 1.165) is 21.6 Å². The molecule has 3 heterocycles. The van der Waals surface area contributed by atoms with E-state index in [-0.39, 0.29) is 5.91 Å². The molecule has 0 bridgehead atoms. The Morgan fingerprint density at radius 1 is 1.45 bits per heavy atom. The molecule has 0 radical (unpaired) electrons. The van der Waals surface area contributed by atoms with Gasteiger partial charge in [0.05, 0.1) is 17.3 Å². The van der Waals surface area contributed by atoms with Gasteiger partial charge in [0.2, 0.25) is 5.91 Å². The van der Waals surface area contributed by atoms with Gasteiger partial charge in [0, 0.05) is 20.6 Å². The smallest absolute Gasteiger partial charge is 0.233 e. The van der Waals surface area contributed by atoms with Gasteiger partial charge in [0.1, 0.15) is 11.4 Å². The van der Waals surface area contributed by atoms with Crippen LogP contribution in [0.4, 0.5) is 0 Å². The molecule has 3 aromatic heterocycles. The van der Waals surface area contributed by atoms with Crippen molar-refractivity contribution in [1.29, 1.82) is 0 Å². The number of thiophene rings is 1. The fourth-order valence-electron chi connectivity index (χ4n) is 2.04. The number of aromatic nitrogens is 4. The Balaban J connectivity index is 1.65. The molecule has 22 heavy (non-hydrogen) atoms. The van der Waals surface area contributed by atoms with Crippen LogP contribution in [0.3, 0.4) is 0 Å². The van der Waals surface area contributed by atoms with Crippen LogP contribution in [0.1, 0.15) is 5.56 Å². The lowest BCUT2D eigenvalue weighted by Gasteiger charge is -2.16. The molecule has 8 heteroatoms. The van der Waals surface area contributed by atoms with Gasteiger partial charge in [-0.15, -0.1) is 0 Å². The summed E-state index contributed by atoms with van der Waals surface area (Å²) in [6.07, 6.45) is 3.24. The van der Waals surface area contributed by atoms with Gasteiger partial charge in [-0.3, -0.25) is 9.48 Å². The largest absolute Gasteiger partial charge is 0.341 e. The summed E-state index contributed by atoms with van der Waals surface area (Å²) in [4.78, 5) is 22.4. The normalized spacial score (nSPS) is 11.0. The molecule has 0 fully saturated rings. The van der Waals surface area contributed by atoms with Gasteiger partial charge >= 0.3 is 0 Å². The van der Waals surface area contributed by atoms with E-state index in [1.165, 1.54) is 18.1 Å². The molecular weight excluding hydrogens is 318 g/mol. The lowest BCUT2D eigenvalue weighted by atomic mass is 10.3. The van der Waals surface area contributed by atoms with Crippen molar-refractivity contribution in [3.63, 3.8) is 0 Å². The number of carbonyl (C=O) groups is 1. The molecule has 0 aliphatic carbocycles. The molecule has 0 atom stereocenters. The Bertz CT molecular complexity index is 784. The molecule has 0 aliphatic heterocycles. The first-order valence-corrected chi connectivity index (χ1v) is 8.58. The summed E-state index contributed by atoms with van der Waals surface area (Å²) in [7, 11) is 3.66. The van der Waals surface area contributed by atoms with Crippen LogP contribution in [-0.2, 0) is 18.4 Å². The maximum absolute atomic E-state index is 12.2. The van der Waals surface area contributed by atoms with Crippen LogP contribution in [0.5, 0.6) is 0 Å². The quantitative estimate of drug-likeness (QED) is 0.529. The van der Waals surface area contributed by atoms with Crippen LogP contribution in [-0.4, -0.2) is 43.4 Å². The maximum Gasteiger partial charge on any atom is 0.233 e. The summed E-state index contributed by atoms with van der Waals surface area (Å²) in [5, 5.41) is 9.91. The number of amides is 1. The fourth-order valence-corrected chi connectivity index (χ4v) is 3.60. The Labute approximate surface area is 136 Å². The second kappa shape index (κ2) is 6.45. The average Bonchev–Trinajstić information content (AvgIpc) is 3.15. The summed E-state index contributed by atoms with van der Waals surface area (Å²) >= 11 is 3.06. The first kappa shape index (κ1) is 15.0. The Hall–Kier alpha value is -1.93. The Morgan fingerprint density at radius 3 is 3.09 bits per heavy atom. The highest BCUT2D eigenvalue weighted by Gasteiger charge is 2.13. The molecule has 0 spiro atoms. The molecule has 3 rings (SSSR count). The SMILES string of the molecule is CN(Cc1ccsc1)C(=O)CSc1ncnc2c1cnn2C. The molecular formula is C14H15N5OS2. The van der Waals surface area contributed by atoms with Crippen LogP contribution in [0.2, 0.25) is 0 Å². The van der Waals surface area contributed by atoms with E-state index in [0.29, 0.717) is 12.3 Å². The molecule has 0 aromatic carbocycles. The molecule has 0 unspecified atom stereocenters. The van der Waals surface area contributed by atoms with Crippen molar-refractivity contribution in [2.75, 3.05) is 12.8 Å². The van der Waals surface area contributed by atoms with E-state index in [1.54, 1.807) is 27.1 Å². The van der Waals surface area contributed by atoms with E-state index < -0.39 is 0 Å². The highest BCUT2D eigenvalue weighted by molar-refractivity contribution is 8.00. The number of nitrogens with zero attached hydrogens (tertiary/aromatic N) is 5. The number of aryl methyl sites for hydroxylation is 1. The molecule has 3 aromatic rings. The minimum absolute atomic E-state index is 0.0758. The highest BCUT2D eigenvalue weighted by atomic mass is 32.2. The van der Waals surface area contributed by atoms with Crippen molar-refractivity contribution in [3.05, 3.63) is 34.9 Å². The number of fused-ring (bicyclic) bond motifs is 1. The summed E-state index contributed by atoms with van der Waals surface area (Å²) in [5.41, 5.74) is 1.93. The Morgan fingerprint density at radius 2 is 2.32 bits per heavy atom. The van der Waals surface area contributed by atoms with Gasteiger partial charge in [-0.25, -0.2) is 9.97 Å². The van der Waals surface area contributed by atoms with Crippen LogP contribution in [0.25, 0.3) is 11.0 Å². The van der Waals surface area contributed by atoms with E-state index in [9.17, 15) is 4.79 Å². The highest BCUT2D eigenvalue weighted by Crippen LogP contribution is 2.24. The van der Waals surface area contributed by atoms with Crippen molar-refractivity contribution in [2.45, 2.75) is 11.6 Å². The molecule has 0 saturated carbocycles. The second-order valence-electron chi connectivity index (χ2n) is 4.85. The first-order chi connectivity index (χ1) is 10.6. The molecule has 114 valence electrons. The molecule has 0 saturated heterocycles. The number of hydrogen-bond acceptors (Lipinski definition) is 6. The molecule has 0 aliphatic rings. The lowest BCUT2D eigenvalue weighted by molar-refractivity contribution is -0.127. The third-order valence-electron chi connectivity index (χ3n) is 3.25. The van der Waals surface area contributed by atoms with Gasteiger partial charge in [0.15, 0.2) is 5.65 Å². The summed E-state index contributed by atoms with van der Waals surface area (Å²) in [6.45, 7) is 0.634. The van der Waals surface area contributed by atoms with Gasteiger partial charge in [-0.2, -0.15) is 16.4 Å².